The fourth-order valence-corrected chi connectivity index (χ4v) is 4.04. The number of likely N-dealkylation sites (N-methyl/N-ethyl adjacent to an activating group) is 1. The van der Waals surface area contributed by atoms with Gasteiger partial charge in [0.25, 0.3) is 0 Å². The van der Waals surface area contributed by atoms with E-state index >= 15 is 0 Å². The summed E-state index contributed by atoms with van der Waals surface area (Å²) in [7, 11) is 1.90. The van der Waals surface area contributed by atoms with E-state index in [0.29, 0.717) is 48.3 Å². The number of piperidine rings is 1. The molecule has 1 saturated heterocycles. The van der Waals surface area contributed by atoms with Crippen molar-refractivity contribution in [1.29, 1.82) is 0 Å². The minimum Gasteiger partial charge on any atom is -0.352 e. The van der Waals surface area contributed by atoms with Crippen LogP contribution in [0, 0.1) is 0 Å². The third-order valence-electron chi connectivity index (χ3n) is 6.50. The van der Waals surface area contributed by atoms with Crippen LogP contribution >= 0.6 is 0 Å². The van der Waals surface area contributed by atoms with Crippen LogP contribution in [0.4, 0.5) is 5.82 Å². The molecule has 216 valence electrons. The Hall–Kier alpha value is -4.44. The van der Waals surface area contributed by atoms with E-state index in [1.165, 1.54) is 0 Å². The maximum Gasteiger partial charge on any atom is 0.229 e. The molecule has 3 N–H and O–H groups in total. The van der Waals surface area contributed by atoms with Gasteiger partial charge in [-0.3, -0.25) is 14.8 Å². The summed E-state index contributed by atoms with van der Waals surface area (Å²) in [5.74, 6) is 1.48. The van der Waals surface area contributed by atoms with Crippen LogP contribution in [0.5, 0.6) is 0 Å². The first kappa shape index (κ1) is 31.1. The van der Waals surface area contributed by atoms with Crippen LogP contribution < -0.4 is 16.0 Å². The summed E-state index contributed by atoms with van der Waals surface area (Å²) in [6.07, 6.45) is 11.9. The fraction of sp³-hybridized carbons (Fsp3) is 0.355. The van der Waals surface area contributed by atoms with Crippen LogP contribution in [-0.4, -0.2) is 71.0 Å². The summed E-state index contributed by atoms with van der Waals surface area (Å²) in [6, 6.07) is 11.0. The molecule has 0 aromatic carbocycles. The number of carbonyl (C=O) groups is 2. The molecule has 0 aliphatic carbocycles. The van der Waals surface area contributed by atoms with Crippen molar-refractivity contribution >= 4 is 29.7 Å². The Morgan fingerprint density at radius 3 is 2.54 bits per heavy atom. The average Bonchev–Trinajstić information content (AvgIpc) is 2.99. The SMILES string of the molecule is C=C(CN(C)C(=NC1(C=O)CCNCC1)c1ccccn1)NC(/C=C/CC(=O)Nc1ccccn1)=N\C=C(/C)CC. The van der Waals surface area contributed by atoms with E-state index in [4.69, 9.17) is 4.99 Å². The molecule has 0 unspecified atom stereocenters. The van der Waals surface area contributed by atoms with E-state index in [2.05, 4.69) is 44.4 Å². The maximum atomic E-state index is 12.4. The summed E-state index contributed by atoms with van der Waals surface area (Å²) < 4.78 is 0. The van der Waals surface area contributed by atoms with Gasteiger partial charge in [-0.2, -0.15) is 0 Å². The van der Waals surface area contributed by atoms with Gasteiger partial charge in [-0.05, 0) is 69.6 Å². The number of amidine groups is 2. The van der Waals surface area contributed by atoms with Crippen LogP contribution in [0.25, 0.3) is 0 Å². The van der Waals surface area contributed by atoms with Gasteiger partial charge in [0.2, 0.25) is 5.91 Å². The lowest BCUT2D eigenvalue weighted by atomic mass is 9.90. The Labute approximate surface area is 242 Å². The molecule has 1 fully saturated rings. The Bertz CT molecular complexity index is 1280. The van der Waals surface area contributed by atoms with E-state index in [-0.39, 0.29) is 12.3 Å². The lowest BCUT2D eigenvalue weighted by Gasteiger charge is -2.32. The number of aldehydes is 1. The number of pyridine rings is 2. The molecule has 2 aromatic rings. The number of nitrogens with zero attached hydrogens (tertiary/aromatic N) is 5. The van der Waals surface area contributed by atoms with Gasteiger partial charge in [-0.25, -0.2) is 9.98 Å². The van der Waals surface area contributed by atoms with Crippen molar-refractivity contribution in [2.75, 3.05) is 32.0 Å². The molecule has 0 atom stereocenters. The topological polar surface area (TPSA) is 124 Å². The van der Waals surface area contributed by atoms with Gasteiger partial charge in [0, 0.05) is 37.8 Å². The Kier molecular flexibility index (Phi) is 12.1. The van der Waals surface area contributed by atoms with Crippen LogP contribution in [0.1, 0.15) is 45.2 Å². The van der Waals surface area contributed by atoms with Crippen molar-refractivity contribution < 1.29 is 9.59 Å². The Balaban J connectivity index is 1.74. The number of carbonyl (C=O) groups excluding carboxylic acids is 2. The van der Waals surface area contributed by atoms with Crippen molar-refractivity contribution in [1.82, 2.24) is 25.5 Å². The van der Waals surface area contributed by atoms with E-state index in [1.807, 2.05) is 43.1 Å². The highest BCUT2D eigenvalue weighted by Gasteiger charge is 2.32. The second kappa shape index (κ2) is 16.0. The van der Waals surface area contributed by atoms with Gasteiger partial charge in [0.15, 0.2) is 5.84 Å². The summed E-state index contributed by atoms with van der Waals surface area (Å²) >= 11 is 0. The summed E-state index contributed by atoms with van der Waals surface area (Å²) in [5.41, 5.74) is 1.65. The number of aromatic nitrogens is 2. The number of hydrogen-bond donors (Lipinski definition) is 3. The molecule has 1 amide bonds. The third kappa shape index (κ3) is 10.2. The molecule has 0 radical (unpaired) electrons. The number of rotatable bonds is 12. The standard InChI is InChI=1S/C31H40N8O2/c1-5-24(2)21-35-28(13-10-14-29(41)37-27-12-7-9-18-34-27)36-25(3)22-39(4)30(26-11-6-8-17-33-26)38-31(23-40)15-19-32-20-16-31/h6-13,17-18,21,23,32H,3,5,14-16,19-20,22H2,1-2,4H3,(H,35,36)(H,34,37,41)/b13-10+,24-21+,38-30?. The summed E-state index contributed by atoms with van der Waals surface area (Å²) in [4.78, 5) is 44.6. The minimum atomic E-state index is -0.797. The molecule has 41 heavy (non-hydrogen) atoms. The number of anilines is 1. The zero-order valence-corrected chi connectivity index (χ0v) is 24.1. The average molecular weight is 557 g/mol. The lowest BCUT2D eigenvalue weighted by Crippen LogP contribution is -2.44. The second-order valence-electron chi connectivity index (χ2n) is 9.92. The lowest BCUT2D eigenvalue weighted by molar-refractivity contribution is -0.115. The zero-order valence-electron chi connectivity index (χ0n) is 24.1. The van der Waals surface area contributed by atoms with Crippen LogP contribution in [0.3, 0.4) is 0 Å². The number of nitrogens with one attached hydrogen (secondary N) is 3. The Morgan fingerprint density at radius 1 is 1.17 bits per heavy atom. The van der Waals surface area contributed by atoms with Gasteiger partial charge >= 0.3 is 0 Å². The van der Waals surface area contributed by atoms with Crippen molar-refractivity contribution in [3.63, 3.8) is 0 Å². The molecule has 10 nitrogen and oxygen atoms in total. The van der Waals surface area contributed by atoms with Crippen molar-refractivity contribution in [3.8, 4) is 0 Å². The summed E-state index contributed by atoms with van der Waals surface area (Å²) in [6.45, 7) is 10.1. The van der Waals surface area contributed by atoms with Gasteiger partial charge in [0.1, 0.15) is 29.2 Å². The molecule has 10 heteroatoms. The smallest absolute Gasteiger partial charge is 0.229 e. The predicted molar refractivity (Wildman–Crippen MR) is 165 cm³/mol. The van der Waals surface area contributed by atoms with Gasteiger partial charge in [-0.1, -0.05) is 37.3 Å². The van der Waals surface area contributed by atoms with Crippen LogP contribution in [0.2, 0.25) is 0 Å². The highest BCUT2D eigenvalue weighted by Crippen LogP contribution is 2.22. The van der Waals surface area contributed by atoms with Crippen molar-refractivity contribution in [2.24, 2.45) is 9.98 Å². The largest absolute Gasteiger partial charge is 0.352 e. The van der Waals surface area contributed by atoms with E-state index in [0.717, 1.165) is 31.4 Å². The second-order valence-corrected chi connectivity index (χ2v) is 9.92. The zero-order chi connectivity index (χ0) is 29.5. The quantitative estimate of drug-likeness (QED) is 0.206. The van der Waals surface area contributed by atoms with E-state index < -0.39 is 5.54 Å². The van der Waals surface area contributed by atoms with E-state index in [9.17, 15) is 9.59 Å². The first-order valence-electron chi connectivity index (χ1n) is 13.8. The molecule has 1 aliphatic heterocycles. The van der Waals surface area contributed by atoms with Crippen LogP contribution in [0.15, 0.2) is 95.0 Å². The first-order chi connectivity index (χ1) is 19.8. The van der Waals surface area contributed by atoms with Crippen molar-refractivity contribution in [3.05, 3.63) is 90.7 Å². The number of amides is 1. The first-order valence-corrected chi connectivity index (χ1v) is 13.8. The highest BCUT2D eigenvalue weighted by atomic mass is 16.1. The molecule has 0 bridgehead atoms. The number of allylic oxidation sites excluding steroid dienone is 1. The van der Waals surface area contributed by atoms with Crippen molar-refractivity contribution in [2.45, 2.75) is 45.1 Å². The molecular weight excluding hydrogens is 516 g/mol. The molecule has 3 rings (SSSR count). The molecule has 1 aliphatic rings. The normalized spacial score (nSPS) is 15.8. The van der Waals surface area contributed by atoms with Gasteiger partial charge in [0.05, 0.1) is 6.54 Å². The fourth-order valence-electron chi connectivity index (χ4n) is 4.04. The molecule has 2 aromatic heterocycles. The molecule has 0 saturated carbocycles. The molecule has 3 heterocycles. The third-order valence-corrected chi connectivity index (χ3v) is 6.50. The number of aliphatic imine (C=N–C) groups is 2. The van der Waals surface area contributed by atoms with Crippen LogP contribution in [-0.2, 0) is 9.59 Å². The predicted octanol–water partition coefficient (Wildman–Crippen LogP) is 3.88. The minimum absolute atomic E-state index is 0.152. The summed E-state index contributed by atoms with van der Waals surface area (Å²) in [5, 5.41) is 9.33. The van der Waals surface area contributed by atoms with E-state index in [1.54, 1.807) is 42.9 Å². The number of hydrogen-bond acceptors (Lipinski definition) is 7. The van der Waals surface area contributed by atoms with Gasteiger partial charge in [-0.15, -0.1) is 0 Å². The monoisotopic (exact) mass is 556 g/mol. The maximum absolute atomic E-state index is 12.4. The highest BCUT2D eigenvalue weighted by molar-refractivity contribution is 5.99. The molecular formula is C31H40N8O2. The Morgan fingerprint density at radius 2 is 1.90 bits per heavy atom. The van der Waals surface area contributed by atoms with Gasteiger partial charge < -0.3 is 25.6 Å². The molecule has 0 spiro atoms.